The molecule has 0 spiro atoms. The summed E-state index contributed by atoms with van der Waals surface area (Å²) >= 11 is 3.62. The highest BCUT2D eigenvalue weighted by Crippen LogP contribution is 2.51. The maximum absolute atomic E-state index is 3.62. The second-order valence-electron chi connectivity index (χ2n) is 5.84. The predicted molar refractivity (Wildman–Crippen MR) is 92.1 cm³/mol. The molecular weight excluding hydrogens is 322 g/mol. The normalized spacial score (nSPS) is 25.8. The molecule has 1 heterocycles. The van der Waals surface area contributed by atoms with Crippen LogP contribution in [0.25, 0.3) is 0 Å². The van der Waals surface area contributed by atoms with Crippen molar-refractivity contribution in [2.45, 2.75) is 18.4 Å². The molecule has 0 bridgehead atoms. The first kappa shape index (κ1) is 12.9. The number of rotatable bonds is 1. The van der Waals surface area contributed by atoms with Gasteiger partial charge in [0, 0.05) is 21.3 Å². The fourth-order valence-electron chi connectivity index (χ4n) is 3.52. The third-order valence-electron chi connectivity index (χ3n) is 4.57. The molecule has 2 aromatic rings. The van der Waals surface area contributed by atoms with E-state index in [1.54, 1.807) is 0 Å². The molecule has 2 aromatic carbocycles. The molecule has 1 nitrogen and oxygen atoms in total. The van der Waals surface area contributed by atoms with Crippen molar-refractivity contribution in [3.63, 3.8) is 0 Å². The van der Waals surface area contributed by atoms with Crippen LogP contribution in [0.1, 0.15) is 12.5 Å². The molecule has 1 aliphatic carbocycles. The van der Waals surface area contributed by atoms with Crippen LogP contribution >= 0.6 is 15.9 Å². The molecule has 4 rings (SSSR count). The van der Waals surface area contributed by atoms with E-state index in [2.05, 4.69) is 101 Å². The quantitative estimate of drug-likeness (QED) is 0.677. The summed E-state index contributed by atoms with van der Waals surface area (Å²) in [5.41, 5.74) is 3.95. The second kappa shape index (κ2) is 4.60. The standard InChI is InChI=1S/C19H16BrN/c1-19-12-6-5-9-18(19)21(15-7-3-2-4-8-15)17-13-14(20)10-11-16(17)19/h2-13,18H,1H3. The lowest BCUT2D eigenvalue weighted by Crippen LogP contribution is -2.39. The van der Waals surface area contributed by atoms with Gasteiger partial charge < -0.3 is 4.90 Å². The van der Waals surface area contributed by atoms with E-state index in [0.717, 1.165) is 4.47 Å². The van der Waals surface area contributed by atoms with E-state index < -0.39 is 0 Å². The maximum Gasteiger partial charge on any atom is 0.0655 e. The number of halogens is 1. The maximum atomic E-state index is 3.62. The van der Waals surface area contributed by atoms with E-state index in [-0.39, 0.29) is 5.41 Å². The van der Waals surface area contributed by atoms with E-state index in [1.807, 2.05) is 0 Å². The first-order valence-corrected chi connectivity index (χ1v) is 8.00. The third kappa shape index (κ3) is 1.82. The molecule has 104 valence electrons. The predicted octanol–water partition coefficient (Wildman–Crippen LogP) is 5.35. The van der Waals surface area contributed by atoms with Gasteiger partial charge in [0.05, 0.1) is 6.04 Å². The minimum absolute atomic E-state index is 0.0284. The number of para-hydroxylation sites is 1. The van der Waals surface area contributed by atoms with Crippen LogP contribution in [-0.4, -0.2) is 6.04 Å². The van der Waals surface area contributed by atoms with Crippen molar-refractivity contribution in [2.24, 2.45) is 0 Å². The summed E-state index contributed by atoms with van der Waals surface area (Å²) in [6.45, 7) is 2.33. The molecule has 2 atom stereocenters. The zero-order valence-corrected chi connectivity index (χ0v) is 13.4. The largest absolute Gasteiger partial charge is 0.333 e. The first-order valence-electron chi connectivity index (χ1n) is 7.20. The Hall–Kier alpha value is -1.80. The highest BCUT2D eigenvalue weighted by molar-refractivity contribution is 9.10. The number of nitrogens with zero attached hydrogens (tertiary/aromatic N) is 1. The third-order valence-corrected chi connectivity index (χ3v) is 5.07. The van der Waals surface area contributed by atoms with Crippen LogP contribution < -0.4 is 4.90 Å². The summed E-state index contributed by atoms with van der Waals surface area (Å²) in [5.74, 6) is 0. The van der Waals surface area contributed by atoms with Crippen molar-refractivity contribution in [1.82, 2.24) is 0 Å². The van der Waals surface area contributed by atoms with E-state index in [0.29, 0.717) is 6.04 Å². The summed E-state index contributed by atoms with van der Waals surface area (Å²) < 4.78 is 1.12. The fraction of sp³-hybridized carbons (Fsp3) is 0.158. The topological polar surface area (TPSA) is 3.24 Å². The lowest BCUT2D eigenvalue weighted by molar-refractivity contribution is 0.550. The molecule has 2 aliphatic rings. The van der Waals surface area contributed by atoms with Crippen molar-refractivity contribution in [3.8, 4) is 0 Å². The molecule has 0 aromatic heterocycles. The van der Waals surface area contributed by atoms with Gasteiger partial charge in [-0.2, -0.15) is 0 Å². The van der Waals surface area contributed by atoms with Crippen LogP contribution in [0.4, 0.5) is 11.4 Å². The minimum Gasteiger partial charge on any atom is -0.333 e. The van der Waals surface area contributed by atoms with Gasteiger partial charge in [0.15, 0.2) is 0 Å². The number of allylic oxidation sites excluding steroid dienone is 2. The van der Waals surface area contributed by atoms with E-state index in [1.165, 1.54) is 16.9 Å². The van der Waals surface area contributed by atoms with Gasteiger partial charge in [-0.15, -0.1) is 0 Å². The lowest BCUT2D eigenvalue weighted by atomic mass is 9.76. The van der Waals surface area contributed by atoms with Crippen LogP contribution in [-0.2, 0) is 5.41 Å². The molecule has 0 amide bonds. The van der Waals surface area contributed by atoms with Gasteiger partial charge in [0.25, 0.3) is 0 Å². The second-order valence-corrected chi connectivity index (χ2v) is 6.75. The Morgan fingerprint density at radius 3 is 2.67 bits per heavy atom. The Labute approximate surface area is 133 Å². The van der Waals surface area contributed by atoms with E-state index in [9.17, 15) is 0 Å². The Balaban J connectivity index is 1.98. The van der Waals surface area contributed by atoms with Crippen LogP contribution in [0.3, 0.4) is 0 Å². The van der Waals surface area contributed by atoms with Crippen LogP contribution in [0.5, 0.6) is 0 Å². The van der Waals surface area contributed by atoms with Crippen LogP contribution in [0.2, 0.25) is 0 Å². The van der Waals surface area contributed by atoms with Gasteiger partial charge in [0.2, 0.25) is 0 Å². The highest BCUT2D eigenvalue weighted by Gasteiger charge is 2.46. The summed E-state index contributed by atoms with van der Waals surface area (Å²) in [6, 6.07) is 17.6. The SMILES string of the molecule is CC12C=CC=CC1N(c1ccccc1)c1cc(Br)ccc12. The van der Waals surface area contributed by atoms with Crippen molar-refractivity contribution in [2.75, 3.05) is 4.90 Å². The zero-order valence-electron chi connectivity index (χ0n) is 11.8. The summed E-state index contributed by atoms with van der Waals surface area (Å²) in [7, 11) is 0. The summed E-state index contributed by atoms with van der Waals surface area (Å²) in [6.07, 6.45) is 8.95. The molecular formula is C19H16BrN. The average Bonchev–Trinajstić information content (AvgIpc) is 2.76. The van der Waals surface area contributed by atoms with Crippen molar-refractivity contribution in [1.29, 1.82) is 0 Å². The first-order chi connectivity index (χ1) is 10.2. The Morgan fingerprint density at radius 2 is 1.86 bits per heavy atom. The monoisotopic (exact) mass is 337 g/mol. The van der Waals surface area contributed by atoms with Gasteiger partial charge in [-0.05, 0) is 36.8 Å². The molecule has 1 aliphatic heterocycles. The Kier molecular flexibility index (Phi) is 2.83. The average molecular weight is 338 g/mol. The number of hydrogen-bond donors (Lipinski definition) is 0. The van der Waals surface area contributed by atoms with Gasteiger partial charge in [0.1, 0.15) is 0 Å². The smallest absolute Gasteiger partial charge is 0.0655 e. The van der Waals surface area contributed by atoms with Crippen molar-refractivity contribution < 1.29 is 0 Å². The molecule has 0 radical (unpaired) electrons. The highest BCUT2D eigenvalue weighted by atomic mass is 79.9. The fourth-order valence-corrected chi connectivity index (χ4v) is 3.87. The Morgan fingerprint density at radius 1 is 1.05 bits per heavy atom. The van der Waals surface area contributed by atoms with Crippen molar-refractivity contribution in [3.05, 3.63) is 82.9 Å². The molecule has 0 saturated heterocycles. The van der Waals surface area contributed by atoms with Crippen molar-refractivity contribution >= 4 is 27.3 Å². The summed E-state index contributed by atoms with van der Waals surface area (Å²) in [5, 5.41) is 0. The van der Waals surface area contributed by atoms with Gasteiger partial charge >= 0.3 is 0 Å². The number of fused-ring (bicyclic) bond motifs is 3. The van der Waals surface area contributed by atoms with E-state index >= 15 is 0 Å². The molecule has 0 N–H and O–H groups in total. The molecule has 2 heteroatoms. The molecule has 0 saturated carbocycles. The number of benzene rings is 2. The van der Waals surface area contributed by atoms with Crippen LogP contribution in [0, 0.1) is 0 Å². The molecule has 2 unspecified atom stereocenters. The van der Waals surface area contributed by atoms with Gasteiger partial charge in [-0.3, -0.25) is 0 Å². The Bertz CT molecular complexity index is 747. The van der Waals surface area contributed by atoms with Crippen LogP contribution in [0.15, 0.2) is 77.3 Å². The summed E-state index contributed by atoms with van der Waals surface area (Å²) in [4.78, 5) is 2.44. The zero-order chi connectivity index (χ0) is 14.4. The van der Waals surface area contributed by atoms with E-state index in [4.69, 9.17) is 0 Å². The molecule has 0 fully saturated rings. The molecule has 21 heavy (non-hydrogen) atoms. The number of anilines is 2. The number of hydrogen-bond acceptors (Lipinski definition) is 1. The lowest BCUT2D eigenvalue weighted by Gasteiger charge is -2.34. The van der Waals surface area contributed by atoms with Gasteiger partial charge in [-0.1, -0.05) is 64.5 Å². The minimum atomic E-state index is 0.0284. The van der Waals surface area contributed by atoms with Gasteiger partial charge in [-0.25, -0.2) is 0 Å².